The SMILES string of the molecule is O=P(O)(O)OO.[SnH2]. The van der Waals surface area contributed by atoms with Crippen molar-refractivity contribution in [1.29, 1.82) is 0 Å². The molecule has 2 radical (unpaired) electrons. The molecule has 0 unspecified atom stereocenters. The Balaban J connectivity index is 0. The minimum absolute atomic E-state index is 0. The van der Waals surface area contributed by atoms with E-state index in [1.165, 1.54) is 0 Å². The topological polar surface area (TPSA) is 87.0 Å². The standard InChI is InChI=1S/H3O5P.Sn.2H/c1-5-6(2,3)4;;;/h1H,(H2,2,3,4);;;. The fourth-order valence-electron chi connectivity index (χ4n) is 0. The van der Waals surface area contributed by atoms with Crippen molar-refractivity contribution in [1.82, 2.24) is 0 Å². The molecular weight excluding hydrogens is 230 g/mol. The van der Waals surface area contributed by atoms with Gasteiger partial charge in [-0.05, 0) is 0 Å². The molecule has 7 heavy (non-hydrogen) atoms. The van der Waals surface area contributed by atoms with Gasteiger partial charge in [0, 0.05) is 0 Å². The van der Waals surface area contributed by atoms with E-state index in [9.17, 15) is 4.57 Å². The van der Waals surface area contributed by atoms with Crippen LogP contribution in [0.4, 0.5) is 0 Å². The van der Waals surface area contributed by atoms with Gasteiger partial charge in [0.2, 0.25) is 0 Å². The third kappa shape index (κ3) is 10.9. The van der Waals surface area contributed by atoms with E-state index < -0.39 is 7.82 Å². The van der Waals surface area contributed by atoms with E-state index in [4.69, 9.17) is 15.0 Å². The Morgan fingerprint density at radius 3 is 1.57 bits per heavy atom. The Bertz CT molecular complexity index is 72.1. The summed E-state index contributed by atoms with van der Waals surface area (Å²) < 4.78 is 11.8. The number of hydrogen-bond donors (Lipinski definition) is 3. The van der Waals surface area contributed by atoms with Gasteiger partial charge >= 0.3 is 31.7 Å². The first-order chi connectivity index (χ1) is 2.56. The summed E-state index contributed by atoms with van der Waals surface area (Å²) in [7, 11) is -4.59. The predicted molar refractivity (Wildman–Crippen MR) is 24.3 cm³/mol. The fourth-order valence-corrected chi connectivity index (χ4v) is 0. The maximum absolute atomic E-state index is 9.22. The van der Waals surface area contributed by atoms with Crippen LogP contribution in [-0.4, -0.2) is 39.0 Å². The van der Waals surface area contributed by atoms with Crippen LogP contribution >= 0.6 is 7.82 Å². The molecule has 0 saturated heterocycles. The van der Waals surface area contributed by atoms with Gasteiger partial charge in [-0.15, -0.1) is 4.67 Å². The van der Waals surface area contributed by atoms with Crippen LogP contribution in [0.5, 0.6) is 0 Å². The van der Waals surface area contributed by atoms with Gasteiger partial charge in [0.1, 0.15) is 0 Å². The van der Waals surface area contributed by atoms with E-state index in [2.05, 4.69) is 4.67 Å². The van der Waals surface area contributed by atoms with Crippen LogP contribution in [0, 0.1) is 0 Å². The van der Waals surface area contributed by atoms with Crippen molar-refractivity contribution >= 4 is 31.7 Å². The predicted octanol–water partition coefficient (Wildman–Crippen LogP) is -1.35. The quantitative estimate of drug-likeness (QED) is 0.226. The molecule has 0 atom stereocenters. The average Bonchev–Trinajstić information content (AvgIpc) is 1.35. The second kappa shape index (κ2) is 3.82. The minimum atomic E-state index is -4.59. The molecule has 0 bridgehead atoms. The Morgan fingerprint density at radius 2 is 1.57 bits per heavy atom. The first-order valence-electron chi connectivity index (χ1n) is 0.948. The third-order valence-electron chi connectivity index (χ3n) is 0.106. The van der Waals surface area contributed by atoms with E-state index in [1.807, 2.05) is 0 Å². The first-order valence-corrected chi connectivity index (χ1v) is 2.48. The van der Waals surface area contributed by atoms with Gasteiger partial charge in [0.05, 0.1) is 0 Å². The zero-order valence-electron chi connectivity index (χ0n) is 3.31. The summed E-state index contributed by atoms with van der Waals surface area (Å²) >= 11 is 0. The molecule has 0 aliphatic rings. The zero-order valence-corrected chi connectivity index (χ0v) is 8.24. The van der Waals surface area contributed by atoms with E-state index in [0.717, 1.165) is 0 Å². The summed E-state index contributed by atoms with van der Waals surface area (Å²) in [6, 6.07) is 0. The monoisotopic (exact) mass is 236 g/mol. The molecular formula is H5O5PSn. The third-order valence-corrected chi connectivity index (χ3v) is 0.319. The van der Waals surface area contributed by atoms with E-state index >= 15 is 0 Å². The van der Waals surface area contributed by atoms with Gasteiger partial charge in [0.25, 0.3) is 0 Å². The van der Waals surface area contributed by atoms with Crippen LogP contribution in [-0.2, 0) is 9.24 Å². The molecule has 3 N–H and O–H groups in total. The molecule has 7 heteroatoms. The van der Waals surface area contributed by atoms with Crippen molar-refractivity contribution in [2.24, 2.45) is 0 Å². The van der Waals surface area contributed by atoms with Crippen molar-refractivity contribution in [2.75, 3.05) is 0 Å². The van der Waals surface area contributed by atoms with Crippen molar-refractivity contribution in [3.63, 3.8) is 0 Å². The Hall–Kier alpha value is 0.869. The van der Waals surface area contributed by atoms with Crippen LogP contribution in [0.3, 0.4) is 0 Å². The summed E-state index contributed by atoms with van der Waals surface area (Å²) in [6.45, 7) is 0. The second-order valence-electron chi connectivity index (χ2n) is 0.572. The van der Waals surface area contributed by atoms with Crippen molar-refractivity contribution in [3.8, 4) is 0 Å². The van der Waals surface area contributed by atoms with Crippen LogP contribution in [0.15, 0.2) is 0 Å². The molecule has 0 rings (SSSR count). The molecule has 5 nitrogen and oxygen atoms in total. The van der Waals surface area contributed by atoms with Gasteiger partial charge < -0.3 is 9.79 Å². The fraction of sp³-hybridized carbons (Fsp3) is 0. The summed E-state index contributed by atoms with van der Waals surface area (Å²) in [5.41, 5.74) is 0. The van der Waals surface area contributed by atoms with Crippen molar-refractivity contribution in [3.05, 3.63) is 0 Å². The Labute approximate surface area is 56.4 Å². The van der Waals surface area contributed by atoms with E-state index in [0.29, 0.717) is 0 Å². The first kappa shape index (κ1) is 10.8. The van der Waals surface area contributed by atoms with Crippen molar-refractivity contribution < 1.29 is 24.3 Å². The Kier molecular flexibility index (Phi) is 5.88. The molecule has 0 aliphatic carbocycles. The van der Waals surface area contributed by atoms with Gasteiger partial charge in [0.15, 0.2) is 0 Å². The number of rotatable bonds is 1. The average molecular weight is 235 g/mol. The molecule has 0 heterocycles. The summed E-state index contributed by atoms with van der Waals surface area (Å²) in [5.74, 6) is 0. The number of phosphoric acid groups is 1. The second-order valence-corrected chi connectivity index (χ2v) is 1.72. The molecule has 0 aromatic carbocycles. The molecule has 0 spiro atoms. The summed E-state index contributed by atoms with van der Waals surface area (Å²) in [6.07, 6.45) is 0. The van der Waals surface area contributed by atoms with Gasteiger partial charge in [-0.1, -0.05) is 0 Å². The molecule has 0 fully saturated rings. The van der Waals surface area contributed by atoms with E-state index in [1.54, 1.807) is 0 Å². The molecule has 0 aliphatic heterocycles. The molecule has 44 valence electrons. The molecule has 0 saturated carbocycles. The van der Waals surface area contributed by atoms with Crippen LogP contribution in [0.1, 0.15) is 0 Å². The zero-order chi connectivity index (χ0) is 5.21. The molecule has 0 aromatic rings. The van der Waals surface area contributed by atoms with Crippen LogP contribution in [0.25, 0.3) is 0 Å². The Morgan fingerprint density at radius 1 is 1.43 bits per heavy atom. The van der Waals surface area contributed by atoms with Gasteiger partial charge in [-0.3, -0.25) is 0 Å². The van der Waals surface area contributed by atoms with E-state index in [-0.39, 0.29) is 23.9 Å². The van der Waals surface area contributed by atoms with Crippen LogP contribution in [0.2, 0.25) is 0 Å². The number of hydrogen-bond acceptors (Lipinski definition) is 3. The summed E-state index contributed by atoms with van der Waals surface area (Å²) in [4.78, 5) is 14.9. The van der Waals surface area contributed by atoms with Gasteiger partial charge in [-0.25, -0.2) is 9.82 Å². The maximum atomic E-state index is 9.22. The summed E-state index contributed by atoms with van der Waals surface area (Å²) in [5, 5.41) is 7.14. The van der Waals surface area contributed by atoms with Crippen molar-refractivity contribution in [2.45, 2.75) is 0 Å². The molecule has 0 aromatic heterocycles. The van der Waals surface area contributed by atoms with Gasteiger partial charge in [-0.2, -0.15) is 0 Å². The molecule has 0 amide bonds. The normalized spacial score (nSPS) is 10.1. The van der Waals surface area contributed by atoms with Crippen LogP contribution < -0.4 is 0 Å².